The number of methoxy groups -OCH3 is 1. The van der Waals surface area contributed by atoms with E-state index in [0.29, 0.717) is 22.2 Å². The summed E-state index contributed by atoms with van der Waals surface area (Å²) in [6.07, 6.45) is 1.30. The number of carbonyl (C=O) groups excluding carboxylic acids is 2. The van der Waals surface area contributed by atoms with E-state index in [-0.39, 0.29) is 12.5 Å². The van der Waals surface area contributed by atoms with Gasteiger partial charge < -0.3 is 15.4 Å². The molecule has 116 valence electrons. The van der Waals surface area contributed by atoms with Crippen LogP contribution in [0.25, 0.3) is 0 Å². The van der Waals surface area contributed by atoms with Gasteiger partial charge in [0.2, 0.25) is 5.91 Å². The van der Waals surface area contributed by atoms with Crippen molar-refractivity contribution in [3.05, 3.63) is 28.2 Å². The topological polar surface area (TPSA) is 67.4 Å². The van der Waals surface area contributed by atoms with Crippen molar-refractivity contribution in [2.75, 3.05) is 19.0 Å². The molecule has 5 nitrogen and oxygen atoms in total. The molecule has 21 heavy (non-hydrogen) atoms. The molecule has 0 fully saturated rings. The molecule has 0 spiro atoms. The first-order valence-electron chi connectivity index (χ1n) is 6.54. The Morgan fingerprint density at radius 2 is 2.00 bits per heavy atom. The van der Waals surface area contributed by atoms with Crippen molar-refractivity contribution in [1.29, 1.82) is 0 Å². The van der Waals surface area contributed by atoms with Crippen molar-refractivity contribution in [3.8, 4) is 0 Å². The normalized spacial score (nSPS) is 11.6. The molecule has 1 aromatic carbocycles. The van der Waals surface area contributed by atoms with Gasteiger partial charge in [-0.25, -0.2) is 4.79 Å². The van der Waals surface area contributed by atoms with Gasteiger partial charge in [0.1, 0.15) is 6.04 Å². The Balaban J connectivity index is 2.52. The Kier molecular flexibility index (Phi) is 7.32. The van der Waals surface area contributed by atoms with Crippen LogP contribution < -0.4 is 10.6 Å². The molecule has 0 aliphatic rings. The Hall–Kier alpha value is -1.46. The van der Waals surface area contributed by atoms with Gasteiger partial charge in [-0.15, -0.1) is 0 Å². The number of nitrogens with one attached hydrogen (secondary N) is 2. The number of ether oxygens (including phenoxy) is 1. The van der Waals surface area contributed by atoms with Crippen molar-refractivity contribution in [1.82, 2.24) is 5.32 Å². The van der Waals surface area contributed by atoms with Crippen LogP contribution in [0.3, 0.4) is 0 Å². The van der Waals surface area contributed by atoms with Gasteiger partial charge in [-0.3, -0.25) is 4.79 Å². The Morgan fingerprint density at radius 1 is 1.29 bits per heavy atom. The molecule has 0 bridgehead atoms. The lowest BCUT2D eigenvalue weighted by Crippen LogP contribution is -2.43. The van der Waals surface area contributed by atoms with Crippen LogP contribution in [0.2, 0.25) is 10.0 Å². The number of hydrogen-bond donors (Lipinski definition) is 2. The Labute approximate surface area is 133 Å². The van der Waals surface area contributed by atoms with Gasteiger partial charge >= 0.3 is 5.97 Å². The van der Waals surface area contributed by atoms with E-state index < -0.39 is 12.0 Å². The Morgan fingerprint density at radius 3 is 2.57 bits per heavy atom. The first-order valence-corrected chi connectivity index (χ1v) is 7.29. The van der Waals surface area contributed by atoms with Gasteiger partial charge in [-0.1, -0.05) is 36.5 Å². The van der Waals surface area contributed by atoms with E-state index in [4.69, 9.17) is 23.2 Å². The molecule has 1 unspecified atom stereocenters. The summed E-state index contributed by atoms with van der Waals surface area (Å²) < 4.78 is 4.65. The maximum atomic E-state index is 11.8. The van der Waals surface area contributed by atoms with Crippen LogP contribution in [-0.2, 0) is 14.3 Å². The zero-order valence-electron chi connectivity index (χ0n) is 11.9. The van der Waals surface area contributed by atoms with Gasteiger partial charge in [-0.05, 0) is 24.6 Å². The fourth-order valence-corrected chi connectivity index (χ4v) is 2.01. The third-order valence-corrected chi connectivity index (χ3v) is 3.51. The average molecular weight is 333 g/mol. The molecule has 0 radical (unpaired) electrons. The summed E-state index contributed by atoms with van der Waals surface area (Å²) in [5.74, 6) is -0.746. The number of anilines is 1. The van der Waals surface area contributed by atoms with Gasteiger partial charge in [0, 0.05) is 5.69 Å². The van der Waals surface area contributed by atoms with E-state index in [1.165, 1.54) is 7.11 Å². The third kappa shape index (κ3) is 5.81. The summed E-state index contributed by atoms with van der Waals surface area (Å²) in [4.78, 5) is 23.3. The fourth-order valence-electron chi connectivity index (χ4n) is 1.71. The highest BCUT2D eigenvalue weighted by molar-refractivity contribution is 6.42. The van der Waals surface area contributed by atoms with Crippen LogP contribution >= 0.6 is 23.2 Å². The van der Waals surface area contributed by atoms with Crippen LogP contribution in [0.15, 0.2) is 18.2 Å². The Bertz CT molecular complexity index is 509. The largest absolute Gasteiger partial charge is 0.467 e. The summed E-state index contributed by atoms with van der Waals surface area (Å²) in [5, 5.41) is 6.39. The molecule has 7 heteroatoms. The van der Waals surface area contributed by atoms with Crippen LogP contribution in [0.5, 0.6) is 0 Å². The monoisotopic (exact) mass is 332 g/mol. The van der Waals surface area contributed by atoms with Crippen molar-refractivity contribution in [3.63, 3.8) is 0 Å². The number of amides is 1. The molecule has 0 saturated heterocycles. The average Bonchev–Trinajstić information content (AvgIpc) is 2.47. The number of halogens is 2. The predicted molar refractivity (Wildman–Crippen MR) is 83.8 cm³/mol. The molecule has 0 aromatic heterocycles. The van der Waals surface area contributed by atoms with E-state index in [9.17, 15) is 9.59 Å². The molecule has 1 atom stereocenters. The lowest BCUT2D eigenvalue weighted by atomic mass is 10.1. The number of esters is 1. The molecule has 1 amide bonds. The van der Waals surface area contributed by atoms with Crippen LogP contribution in [0.1, 0.15) is 19.8 Å². The minimum Gasteiger partial charge on any atom is -0.467 e. The lowest BCUT2D eigenvalue weighted by Gasteiger charge is -2.16. The second-order valence-corrected chi connectivity index (χ2v) is 5.23. The maximum Gasteiger partial charge on any atom is 0.328 e. The second kappa shape index (κ2) is 8.74. The number of hydrogen-bond acceptors (Lipinski definition) is 4. The highest BCUT2D eigenvalue weighted by Crippen LogP contribution is 2.24. The third-order valence-electron chi connectivity index (χ3n) is 2.77. The summed E-state index contributed by atoms with van der Waals surface area (Å²) in [6, 6.07) is 4.35. The maximum absolute atomic E-state index is 11.8. The number of rotatable bonds is 7. The van der Waals surface area contributed by atoms with E-state index in [2.05, 4.69) is 15.4 Å². The van der Waals surface area contributed by atoms with Crippen LogP contribution in [-0.4, -0.2) is 31.6 Å². The number of carbonyl (C=O) groups is 2. The fraction of sp³-hybridized carbons (Fsp3) is 0.429. The first-order chi connectivity index (χ1) is 9.97. The van der Waals surface area contributed by atoms with Gasteiger partial charge in [-0.2, -0.15) is 0 Å². The SMILES string of the molecule is CCCC(NC(=O)CNc1ccc(Cl)c(Cl)c1)C(=O)OC. The van der Waals surface area contributed by atoms with E-state index in [1.807, 2.05) is 6.92 Å². The van der Waals surface area contributed by atoms with Crippen LogP contribution in [0.4, 0.5) is 5.69 Å². The number of benzene rings is 1. The highest BCUT2D eigenvalue weighted by Gasteiger charge is 2.20. The highest BCUT2D eigenvalue weighted by atomic mass is 35.5. The minimum atomic E-state index is -0.622. The summed E-state index contributed by atoms with van der Waals surface area (Å²) in [5.41, 5.74) is 0.671. The first kappa shape index (κ1) is 17.6. The molecule has 2 N–H and O–H groups in total. The van der Waals surface area contributed by atoms with Gasteiger partial charge in [0.25, 0.3) is 0 Å². The summed E-state index contributed by atoms with van der Waals surface area (Å²) in [7, 11) is 1.30. The molecule has 1 aromatic rings. The molecule has 0 saturated carbocycles. The zero-order chi connectivity index (χ0) is 15.8. The molecular weight excluding hydrogens is 315 g/mol. The van der Waals surface area contributed by atoms with Crippen molar-refractivity contribution < 1.29 is 14.3 Å². The predicted octanol–water partition coefficient (Wildman–Crippen LogP) is 2.86. The quantitative estimate of drug-likeness (QED) is 0.753. The van der Waals surface area contributed by atoms with Crippen molar-refractivity contribution in [2.45, 2.75) is 25.8 Å². The smallest absolute Gasteiger partial charge is 0.328 e. The molecule has 0 aliphatic carbocycles. The van der Waals surface area contributed by atoms with Gasteiger partial charge in [0.15, 0.2) is 0 Å². The van der Waals surface area contributed by atoms with Gasteiger partial charge in [0.05, 0.1) is 23.7 Å². The van der Waals surface area contributed by atoms with E-state index in [0.717, 1.165) is 6.42 Å². The standard InChI is InChI=1S/C14H18Cl2N2O3/c1-3-4-12(14(20)21-2)18-13(19)8-17-9-5-6-10(15)11(16)7-9/h5-7,12,17H,3-4,8H2,1-2H3,(H,18,19). The molecule has 0 aliphatic heterocycles. The molecule has 1 rings (SSSR count). The van der Waals surface area contributed by atoms with E-state index >= 15 is 0 Å². The molecule has 0 heterocycles. The lowest BCUT2D eigenvalue weighted by molar-refractivity contribution is -0.145. The summed E-state index contributed by atoms with van der Waals surface area (Å²) in [6.45, 7) is 1.95. The van der Waals surface area contributed by atoms with E-state index in [1.54, 1.807) is 18.2 Å². The zero-order valence-corrected chi connectivity index (χ0v) is 13.4. The van der Waals surface area contributed by atoms with Crippen molar-refractivity contribution in [2.24, 2.45) is 0 Å². The van der Waals surface area contributed by atoms with Crippen LogP contribution in [0, 0.1) is 0 Å². The minimum absolute atomic E-state index is 0.0230. The van der Waals surface area contributed by atoms with Crippen molar-refractivity contribution >= 4 is 40.8 Å². The summed E-state index contributed by atoms with van der Waals surface area (Å²) >= 11 is 11.7. The second-order valence-electron chi connectivity index (χ2n) is 4.41. The molecular formula is C14H18Cl2N2O3.